The van der Waals surface area contributed by atoms with Gasteiger partial charge in [-0.2, -0.15) is 0 Å². The summed E-state index contributed by atoms with van der Waals surface area (Å²) in [5.74, 6) is -0.292. The normalized spacial score (nSPS) is 16.7. The molecule has 1 heterocycles. The fourth-order valence-electron chi connectivity index (χ4n) is 2.87. The molecule has 1 aliphatic heterocycles. The molecule has 0 radical (unpaired) electrons. The van der Waals surface area contributed by atoms with E-state index < -0.39 is 0 Å². The van der Waals surface area contributed by atoms with Crippen molar-refractivity contribution in [1.82, 2.24) is 5.32 Å². The van der Waals surface area contributed by atoms with Crippen molar-refractivity contribution in [3.05, 3.63) is 59.9 Å². The number of halogens is 1. The van der Waals surface area contributed by atoms with Crippen molar-refractivity contribution in [2.45, 2.75) is 18.9 Å². The second kappa shape index (κ2) is 9.32. The number of anilines is 2. The third-order valence-corrected chi connectivity index (χ3v) is 4.44. The lowest BCUT2D eigenvalue weighted by Crippen LogP contribution is -2.36. The highest BCUT2D eigenvalue weighted by Crippen LogP contribution is 2.15. The zero-order valence-corrected chi connectivity index (χ0v) is 16.1. The lowest BCUT2D eigenvalue weighted by molar-refractivity contribution is 0.0975. The van der Waals surface area contributed by atoms with Crippen LogP contribution in [0.2, 0.25) is 0 Å². The number of carbonyl (C=O) groups is 1. The van der Waals surface area contributed by atoms with Gasteiger partial charge in [0.1, 0.15) is 5.82 Å². The monoisotopic (exact) mass is 384 g/mol. The van der Waals surface area contributed by atoms with Crippen molar-refractivity contribution in [2.75, 3.05) is 37.5 Å². The van der Waals surface area contributed by atoms with Crippen molar-refractivity contribution >= 4 is 23.2 Å². The summed E-state index contributed by atoms with van der Waals surface area (Å²) in [5.41, 5.74) is 2.09. The topological polar surface area (TPSA) is 66.0 Å². The Kier molecular flexibility index (Phi) is 6.60. The van der Waals surface area contributed by atoms with E-state index in [-0.39, 0.29) is 17.8 Å². The molecule has 0 bridgehead atoms. The van der Waals surface area contributed by atoms with Crippen LogP contribution in [0.15, 0.2) is 53.5 Å². The number of benzene rings is 2. The van der Waals surface area contributed by atoms with E-state index in [1.807, 2.05) is 37.2 Å². The smallest absolute Gasteiger partial charge is 0.258 e. The fraction of sp³-hybridized carbons (Fsp3) is 0.333. The Morgan fingerprint density at radius 3 is 2.71 bits per heavy atom. The highest BCUT2D eigenvalue weighted by molar-refractivity contribution is 6.10. The molecule has 0 aromatic heterocycles. The molecule has 1 aliphatic rings. The fourth-order valence-corrected chi connectivity index (χ4v) is 2.87. The van der Waals surface area contributed by atoms with Crippen LogP contribution in [0, 0.1) is 5.82 Å². The molecular formula is C21H25FN4O2. The molecular weight excluding hydrogens is 359 g/mol. The van der Waals surface area contributed by atoms with Gasteiger partial charge in [-0.1, -0.05) is 6.07 Å². The number of nitrogens with one attached hydrogen (secondary N) is 2. The van der Waals surface area contributed by atoms with Crippen LogP contribution in [0.3, 0.4) is 0 Å². The average molecular weight is 384 g/mol. The quantitative estimate of drug-likeness (QED) is 0.613. The Hall–Kier alpha value is -2.93. The average Bonchev–Trinajstić information content (AvgIpc) is 3.21. The predicted molar refractivity (Wildman–Crippen MR) is 110 cm³/mol. The van der Waals surface area contributed by atoms with Crippen LogP contribution in [0.25, 0.3) is 0 Å². The summed E-state index contributed by atoms with van der Waals surface area (Å²) in [6.45, 7) is 1.19. The summed E-state index contributed by atoms with van der Waals surface area (Å²) in [6.07, 6.45) is 2.02. The maximum Gasteiger partial charge on any atom is 0.258 e. The van der Waals surface area contributed by atoms with Gasteiger partial charge in [0.25, 0.3) is 5.91 Å². The molecule has 2 aromatic carbocycles. The number of rotatable bonds is 5. The number of guanidine groups is 1. The molecule has 148 valence electrons. The second-order valence-electron chi connectivity index (χ2n) is 6.86. The first-order valence-electron chi connectivity index (χ1n) is 9.28. The lowest BCUT2D eigenvalue weighted by atomic mass is 10.2. The Balaban J connectivity index is 1.75. The summed E-state index contributed by atoms with van der Waals surface area (Å²) in [4.78, 5) is 19.2. The summed E-state index contributed by atoms with van der Waals surface area (Å²) in [5, 5.41) is 5.87. The molecule has 1 unspecified atom stereocenters. The van der Waals surface area contributed by atoms with Gasteiger partial charge >= 0.3 is 0 Å². The van der Waals surface area contributed by atoms with E-state index in [0.717, 1.165) is 25.1 Å². The first kappa shape index (κ1) is 19.8. The number of nitrogens with zero attached hydrogens (tertiary/aromatic N) is 2. The van der Waals surface area contributed by atoms with E-state index >= 15 is 0 Å². The van der Waals surface area contributed by atoms with Crippen LogP contribution in [0.4, 0.5) is 15.8 Å². The first-order chi connectivity index (χ1) is 13.5. The van der Waals surface area contributed by atoms with Gasteiger partial charge in [0.05, 0.1) is 12.6 Å². The zero-order valence-electron chi connectivity index (χ0n) is 16.1. The molecule has 28 heavy (non-hydrogen) atoms. The highest BCUT2D eigenvalue weighted by Gasteiger charge is 2.16. The van der Waals surface area contributed by atoms with Crippen molar-refractivity contribution < 1.29 is 13.9 Å². The standard InChI is InChI=1S/C21H25FN4O2/c1-26(2)18-6-3-5-15(13-18)20(27)25-21(23-14-19-7-4-12-28-19)24-17-10-8-16(22)9-11-17/h3,5-6,8-11,13,19H,4,7,12,14H2,1-2H3,(H2,23,24,25,27). The molecule has 1 saturated heterocycles. The SMILES string of the molecule is CN(C)c1cccc(C(=O)NC(=NCC2CCCO2)Nc2ccc(F)cc2)c1. The maximum absolute atomic E-state index is 13.2. The van der Waals surface area contributed by atoms with Gasteiger partial charge in [-0.05, 0) is 55.3 Å². The van der Waals surface area contributed by atoms with E-state index in [4.69, 9.17) is 4.74 Å². The molecule has 0 saturated carbocycles. The Morgan fingerprint density at radius 2 is 2.04 bits per heavy atom. The minimum absolute atomic E-state index is 0.0546. The Bertz CT molecular complexity index is 831. The molecule has 0 aliphatic carbocycles. The number of amides is 1. The molecule has 3 rings (SSSR count). The molecule has 1 amide bonds. The molecule has 2 N–H and O–H groups in total. The molecule has 1 fully saturated rings. The summed E-state index contributed by atoms with van der Waals surface area (Å²) in [7, 11) is 3.84. The second-order valence-corrected chi connectivity index (χ2v) is 6.86. The van der Waals surface area contributed by atoms with E-state index in [2.05, 4.69) is 15.6 Å². The van der Waals surface area contributed by atoms with E-state index in [9.17, 15) is 9.18 Å². The zero-order chi connectivity index (χ0) is 19.9. The molecule has 1 atom stereocenters. The number of hydrogen-bond acceptors (Lipinski definition) is 4. The number of carbonyl (C=O) groups excluding carboxylic acids is 1. The van der Waals surface area contributed by atoms with Crippen molar-refractivity contribution in [2.24, 2.45) is 4.99 Å². The van der Waals surface area contributed by atoms with E-state index in [1.54, 1.807) is 18.2 Å². The largest absolute Gasteiger partial charge is 0.378 e. The van der Waals surface area contributed by atoms with Crippen LogP contribution in [-0.4, -0.2) is 45.2 Å². The lowest BCUT2D eigenvalue weighted by Gasteiger charge is -2.15. The van der Waals surface area contributed by atoms with Gasteiger partial charge in [-0.25, -0.2) is 9.38 Å². The van der Waals surface area contributed by atoms with Gasteiger partial charge in [0.2, 0.25) is 5.96 Å². The molecule has 2 aromatic rings. The summed E-state index contributed by atoms with van der Waals surface area (Å²) in [6, 6.07) is 13.2. The third kappa shape index (κ3) is 5.53. The molecule has 6 nitrogen and oxygen atoms in total. The minimum Gasteiger partial charge on any atom is -0.378 e. The van der Waals surface area contributed by atoms with E-state index in [0.29, 0.717) is 23.8 Å². The van der Waals surface area contributed by atoms with Gasteiger partial charge in [0, 0.05) is 37.6 Å². The van der Waals surface area contributed by atoms with Gasteiger partial charge < -0.3 is 15.0 Å². The highest BCUT2D eigenvalue weighted by atomic mass is 19.1. The van der Waals surface area contributed by atoms with Crippen LogP contribution in [0.5, 0.6) is 0 Å². The number of aliphatic imine (C=N–C) groups is 1. The van der Waals surface area contributed by atoms with Crippen molar-refractivity contribution in [3.63, 3.8) is 0 Å². The van der Waals surface area contributed by atoms with Gasteiger partial charge in [0.15, 0.2) is 0 Å². The van der Waals surface area contributed by atoms with Crippen LogP contribution < -0.4 is 15.5 Å². The molecule has 0 spiro atoms. The van der Waals surface area contributed by atoms with Crippen molar-refractivity contribution in [1.29, 1.82) is 0 Å². The summed E-state index contributed by atoms with van der Waals surface area (Å²) >= 11 is 0. The van der Waals surface area contributed by atoms with Gasteiger partial charge in [-0.3, -0.25) is 10.1 Å². The van der Waals surface area contributed by atoms with E-state index in [1.165, 1.54) is 12.1 Å². The number of hydrogen-bond donors (Lipinski definition) is 2. The van der Waals surface area contributed by atoms with Gasteiger partial charge in [-0.15, -0.1) is 0 Å². The predicted octanol–water partition coefficient (Wildman–Crippen LogP) is 3.27. The minimum atomic E-state index is -0.326. The first-order valence-corrected chi connectivity index (χ1v) is 9.28. The third-order valence-electron chi connectivity index (χ3n) is 4.44. The van der Waals surface area contributed by atoms with Crippen LogP contribution in [-0.2, 0) is 4.74 Å². The van der Waals surface area contributed by atoms with Crippen molar-refractivity contribution in [3.8, 4) is 0 Å². The van der Waals surface area contributed by atoms with Crippen LogP contribution in [0.1, 0.15) is 23.2 Å². The Labute approximate surface area is 164 Å². The number of ether oxygens (including phenoxy) is 1. The maximum atomic E-state index is 13.2. The molecule has 7 heteroatoms. The summed E-state index contributed by atoms with van der Waals surface area (Å²) < 4.78 is 18.8. The Morgan fingerprint density at radius 1 is 1.25 bits per heavy atom. The van der Waals surface area contributed by atoms with Crippen LogP contribution >= 0.6 is 0 Å².